The molecule has 2 saturated heterocycles. The van der Waals surface area contributed by atoms with Gasteiger partial charge in [-0.15, -0.1) is 0 Å². The van der Waals surface area contributed by atoms with Gasteiger partial charge < -0.3 is 10.6 Å². The van der Waals surface area contributed by atoms with Gasteiger partial charge in [-0.2, -0.15) is 23.5 Å². The van der Waals surface area contributed by atoms with Crippen LogP contribution in [0.4, 0.5) is 0 Å². The van der Waals surface area contributed by atoms with Gasteiger partial charge in [-0.3, -0.25) is 4.79 Å². The average molecular weight is 232 g/mol. The van der Waals surface area contributed by atoms with Gasteiger partial charge in [0.25, 0.3) is 0 Å². The molecule has 2 fully saturated rings. The lowest BCUT2D eigenvalue weighted by Crippen LogP contribution is -2.39. The summed E-state index contributed by atoms with van der Waals surface area (Å²) in [6.45, 7) is 1.77. The summed E-state index contributed by atoms with van der Waals surface area (Å²) in [5.74, 6) is 3.82. The molecule has 14 heavy (non-hydrogen) atoms. The summed E-state index contributed by atoms with van der Waals surface area (Å²) in [4.78, 5) is 13.5. The van der Waals surface area contributed by atoms with Crippen LogP contribution in [0.25, 0.3) is 0 Å². The minimum absolute atomic E-state index is 0.154. The fourth-order valence-electron chi connectivity index (χ4n) is 1.83. The van der Waals surface area contributed by atoms with Crippen molar-refractivity contribution in [3.8, 4) is 0 Å². The highest BCUT2D eigenvalue weighted by molar-refractivity contribution is 8.06. The lowest BCUT2D eigenvalue weighted by Gasteiger charge is -2.26. The van der Waals surface area contributed by atoms with E-state index in [1.807, 2.05) is 28.4 Å². The Hall–Kier alpha value is 0.130. The van der Waals surface area contributed by atoms with E-state index in [1.54, 1.807) is 0 Å². The molecule has 2 aliphatic rings. The van der Waals surface area contributed by atoms with E-state index in [0.717, 1.165) is 19.5 Å². The van der Waals surface area contributed by atoms with E-state index in [0.29, 0.717) is 5.25 Å². The predicted octanol–water partition coefficient (Wildman–Crippen LogP) is 0.395. The molecule has 80 valence electrons. The molecule has 2 aliphatic heterocycles. The third-order valence-corrected chi connectivity index (χ3v) is 5.48. The maximum Gasteiger partial charge on any atom is 0.239 e. The van der Waals surface area contributed by atoms with Crippen LogP contribution in [0.15, 0.2) is 0 Å². The summed E-state index contributed by atoms with van der Waals surface area (Å²) in [6, 6.07) is -0.226. The largest absolute Gasteiger partial charge is 0.340 e. The normalized spacial score (nSPS) is 33.8. The quantitative estimate of drug-likeness (QED) is 0.748. The second-order valence-electron chi connectivity index (χ2n) is 3.75. The highest BCUT2D eigenvalue weighted by Gasteiger charge is 2.30. The van der Waals surface area contributed by atoms with Gasteiger partial charge in [0.2, 0.25) is 5.91 Å². The Morgan fingerprint density at radius 1 is 1.50 bits per heavy atom. The van der Waals surface area contributed by atoms with Crippen molar-refractivity contribution in [2.24, 2.45) is 5.73 Å². The SMILES string of the molecule is NC1CCN(CC2CSCCS2)C1=O. The first-order valence-corrected chi connectivity index (χ1v) is 7.21. The van der Waals surface area contributed by atoms with Crippen LogP contribution in [-0.2, 0) is 4.79 Å². The first-order chi connectivity index (χ1) is 6.77. The van der Waals surface area contributed by atoms with Crippen molar-refractivity contribution in [2.45, 2.75) is 17.7 Å². The molecule has 0 saturated carbocycles. The third kappa shape index (κ3) is 2.38. The van der Waals surface area contributed by atoms with Crippen LogP contribution < -0.4 is 5.73 Å². The number of rotatable bonds is 2. The Morgan fingerprint density at radius 2 is 2.36 bits per heavy atom. The summed E-state index contributed by atoms with van der Waals surface area (Å²) < 4.78 is 0. The van der Waals surface area contributed by atoms with Crippen molar-refractivity contribution in [1.29, 1.82) is 0 Å². The van der Waals surface area contributed by atoms with Crippen molar-refractivity contribution >= 4 is 29.4 Å². The monoisotopic (exact) mass is 232 g/mol. The molecule has 5 heteroatoms. The minimum atomic E-state index is -0.226. The molecule has 0 aliphatic carbocycles. The molecule has 1 amide bonds. The lowest BCUT2D eigenvalue weighted by atomic mass is 10.3. The first kappa shape index (κ1) is 10.6. The molecular formula is C9H16N2OS2. The van der Waals surface area contributed by atoms with Crippen LogP contribution in [0.1, 0.15) is 6.42 Å². The molecule has 0 aromatic heterocycles. The zero-order chi connectivity index (χ0) is 9.97. The van der Waals surface area contributed by atoms with Crippen LogP contribution >= 0.6 is 23.5 Å². The Morgan fingerprint density at radius 3 is 2.93 bits per heavy atom. The first-order valence-electron chi connectivity index (χ1n) is 5.01. The standard InChI is InChI=1S/C9H16N2OS2/c10-8-1-2-11(9(8)12)5-7-6-13-3-4-14-7/h7-8H,1-6,10H2. The summed E-state index contributed by atoms with van der Waals surface area (Å²) in [6.07, 6.45) is 0.837. The average Bonchev–Trinajstić information content (AvgIpc) is 2.52. The molecule has 2 atom stereocenters. The Bertz CT molecular complexity index is 219. The van der Waals surface area contributed by atoms with E-state index in [-0.39, 0.29) is 11.9 Å². The van der Waals surface area contributed by atoms with Crippen LogP contribution in [-0.4, -0.2) is 52.4 Å². The van der Waals surface area contributed by atoms with Gasteiger partial charge in [-0.05, 0) is 6.42 Å². The highest BCUT2D eigenvalue weighted by Crippen LogP contribution is 2.25. The van der Waals surface area contributed by atoms with E-state index in [4.69, 9.17) is 5.73 Å². The van der Waals surface area contributed by atoms with Crippen molar-refractivity contribution in [1.82, 2.24) is 4.90 Å². The number of carbonyl (C=O) groups excluding carboxylic acids is 1. The second kappa shape index (κ2) is 4.77. The van der Waals surface area contributed by atoms with Crippen molar-refractivity contribution < 1.29 is 4.79 Å². The van der Waals surface area contributed by atoms with Gasteiger partial charge in [0.1, 0.15) is 0 Å². The van der Waals surface area contributed by atoms with Crippen molar-refractivity contribution in [2.75, 3.05) is 30.3 Å². The van der Waals surface area contributed by atoms with Crippen LogP contribution in [0, 0.1) is 0 Å². The maximum absolute atomic E-state index is 11.6. The molecular weight excluding hydrogens is 216 g/mol. The molecule has 3 nitrogen and oxygen atoms in total. The van der Waals surface area contributed by atoms with Gasteiger partial charge in [-0.25, -0.2) is 0 Å². The highest BCUT2D eigenvalue weighted by atomic mass is 32.2. The molecule has 0 radical (unpaired) electrons. The van der Waals surface area contributed by atoms with Crippen LogP contribution in [0.3, 0.4) is 0 Å². The maximum atomic E-state index is 11.6. The van der Waals surface area contributed by atoms with Crippen molar-refractivity contribution in [3.05, 3.63) is 0 Å². The van der Waals surface area contributed by atoms with Gasteiger partial charge in [0, 0.05) is 35.6 Å². The van der Waals surface area contributed by atoms with Gasteiger partial charge in [0.05, 0.1) is 6.04 Å². The lowest BCUT2D eigenvalue weighted by molar-refractivity contribution is -0.128. The van der Waals surface area contributed by atoms with Crippen molar-refractivity contribution in [3.63, 3.8) is 0 Å². The Balaban J connectivity index is 1.82. The molecule has 2 rings (SSSR count). The molecule has 2 N–H and O–H groups in total. The number of nitrogens with zero attached hydrogens (tertiary/aromatic N) is 1. The number of nitrogens with two attached hydrogens (primary N) is 1. The predicted molar refractivity (Wildman–Crippen MR) is 62.7 cm³/mol. The summed E-state index contributed by atoms with van der Waals surface area (Å²) in [5.41, 5.74) is 5.67. The number of hydrogen-bond acceptors (Lipinski definition) is 4. The van der Waals surface area contributed by atoms with Crippen LogP contribution in [0.2, 0.25) is 0 Å². The molecule has 0 aromatic rings. The smallest absolute Gasteiger partial charge is 0.239 e. The Kier molecular flexibility index (Phi) is 3.62. The van der Waals surface area contributed by atoms with Crippen LogP contribution in [0.5, 0.6) is 0 Å². The summed E-state index contributed by atoms with van der Waals surface area (Å²) >= 11 is 4.00. The number of thioether (sulfide) groups is 2. The van der Waals surface area contributed by atoms with E-state index < -0.39 is 0 Å². The Labute approximate surface area is 93.2 Å². The fourth-order valence-corrected chi connectivity index (χ4v) is 4.52. The molecule has 0 bridgehead atoms. The zero-order valence-electron chi connectivity index (χ0n) is 8.15. The van der Waals surface area contributed by atoms with Gasteiger partial charge in [-0.1, -0.05) is 0 Å². The fraction of sp³-hybridized carbons (Fsp3) is 0.889. The number of likely N-dealkylation sites (tertiary alicyclic amines) is 1. The van der Waals surface area contributed by atoms with E-state index in [9.17, 15) is 4.79 Å². The molecule has 2 unspecified atom stereocenters. The number of amides is 1. The second-order valence-corrected chi connectivity index (χ2v) is 6.31. The van der Waals surface area contributed by atoms with Gasteiger partial charge >= 0.3 is 0 Å². The zero-order valence-corrected chi connectivity index (χ0v) is 9.78. The topological polar surface area (TPSA) is 46.3 Å². The van der Waals surface area contributed by atoms with E-state index in [2.05, 4.69) is 0 Å². The number of hydrogen-bond donors (Lipinski definition) is 1. The third-order valence-electron chi connectivity index (χ3n) is 2.65. The molecule has 2 heterocycles. The van der Waals surface area contributed by atoms with E-state index in [1.165, 1.54) is 17.3 Å². The minimum Gasteiger partial charge on any atom is -0.340 e. The number of carbonyl (C=O) groups is 1. The molecule has 0 spiro atoms. The summed E-state index contributed by atoms with van der Waals surface area (Å²) in [7, 11) is 0. The van der Waals surface area contributed by atoms with E-state index >= 15 is 0 Å². The summed E-state index contributed by atoms with van der Waals surface area (Å²) in [5, 5.41) is 0.628. The van der Waals surface area contributed by atoms with Gasteiger partial charge in [0.15, 0.2) is 0 Å². The molecule has 0 aromatic carbocycles.